The molecule has 1 saturated carbocycles. The molecular formula is C13H23N. The van der Waals surface area contributed by atoms with E-state index in [9.17, 15) is 0 Å². The highest BCUT2D eigenvalue weighted by atomic mass is 14.9. The molecule has 0 aromatic rings. The number of hydrogen-bond donors (Lipinski definition) is 1. The van der Waals surface area contributed by atoms with Gasteiger partial charge >= 0.3 is 0 Å². The summed E-state index contributed by atoms with van der Waals surface area (Å²) in [7, 11) is 0. The third-order valence-corrected chi connectivity index (χ3v) is 3.28. The molecule has 0 spiro atoms. The molecule has 0 heterocycles. The van der Waals surface area contributed by atoms with Gasteiger partial charge in [-0.05, 0) is 25.3 Å². The van der Waals surface area contributed by atoms with Gasteiger partial charge in [0, 0.05) is 0 Å². The van der Waals surface area contributed by atoms with Crippen LogP contribution >= 0.6 is 0 Å². The van der Waals surface area contributed by atoms with Crippen molar-refractivity contribution in [2.75, 3.05) is 6.54 Å². The van der Waals surface area contributed by atoms with Crippen LogP contribution in [0.1, 0.15) is 51.9 Å². The van der Waals surface area contributed by atoms with Crippen molar-refractivity contribution in [2.45, 2.75) is 57.9 Å². The van der Waals surface area contributed by atoms with Crippen LogP contribution in [-0.4, -0.2) is 12.6 Å². The Labute approximate surface area is 88.7 Å². The predicted octanol–water partition coefficient (Wildman–Crippen LogP) is 2.96. The molecule has 80 valence electrons. The van der Waals surface area contributed by atoms with Crippen LogP contribution in [0.2, 0.25) is 0 Å². The lowest BCUT2D eigenvalue weighted by Gasteiger charge is -2.22. The van der Waals surface area contributed by atoms with E-state index in [2.05, 4.69) is 18.2 Å². The number of rotatable bonds is 5. The minimum absolute atomic E-state index is 0.290. The molecule has 14 heavy (non-hydrogen) atoms. The summed E-state index contributed by atoms with van der Waals surface area (Å²) in [5.41, 5.74) is 0. The van der Waals surface area contributed by atoms with Crippen LogP contribution in [0.5, 0.6) is 0 Å². The molecule has 0 saturated heterocycles. The molecule has 0 radical (unpaired) electrons. The van der Waals surface area contributed by atoms with Gasteiger partial charge in [-0.3, -0.25) is 0 Å². The Hall–Kier alpha value is -0.480. The molecule has 1 aliphatic rings. The normalized spacial score (nSPS) is 20.3. The van der Waals surface area contributed by atoms with Crippen molar-refractivity contribution >= 4 is 0 Å². The Morgan fingerprint density at radius 2 is 2.07 bits per heavy atom. The first-order valence-corrected chi connectivity index (χ1v) is 6.06. The second kappa shape index (κ2) is 6.90. The highest BCUT2D eigenvalue weighted by Crippen LogP contribution is 2.25. The predicted molar refractivity (Wildman–Crippen MR) is 62.1 cm³/mol. The quantitative estimate of drug-likeness (QED) is 0.662. The zero-order valence-corrected chi connectivity index (χ0v) is 9.39. The van der Waals surface area contributed by atoms with Gasteiger partial charge in [-0.15, -0.1) is 6.42 Å². The van der Waals surface area contributed by atoms with Crippen LogP contribution in [0.4, 0.5) is 0 Å². The zero-order valence-electron chi connectivity index (χ0n) is 9.39. The van der Waals surface area contributed by atoms with E-state index in [0.29, 0.717) is 6.04 Å². The Morgan fingerprint density at radius 3 is 2.64 bits per heavy atom. The van der Waals surface area contributed by atoms with Crippen LogP contribution in [0, 0.1) is 18.3 Å². The van der Waals surface area contributed by atoms with Gasteiger partial charge in [0.15, 0.2) is 0 Å². The van der Waals surface area contributed by atoms with Crippen molar-refractivity contribution in [3.63, 3.8) is 0 Å². The minimum Gasteiger partial charge on any atom is -0.304 e. The number of nitrogens with one attached hydrogen (secondary N) is 1. The lowest BCUT2D eigenvalue weighted by Crippen LogP contribution is -2.29. The van der Waals surface area contributed by atoms with Crippen LogP contribution in [0.15, 0.2) is 0 Å². The topological polar surface area (TPSA) is 12.0 Å². The third kappa shape index (κ3) is 4.15. The fourth-order valence-electron chi connectivity index (χ4n) is 2.26. The van der Waals surface area contributed by atoms with Crippen LogP contribution in [-0.2, 0) is 0 Å². The van der Waals surface area contributed by atoms with Crippen molar-refractivity contribution in [3.05, 3.63) is 0 Å². The summed E-state index contributed by atoms with van der Waals surface area (Å²) in [6.45, 7) is 3.24. The Kier molecular flexibility index (Phi) is 5.71. The average molecular weight is 193 g/mol. The van der Waals surface area contributed by atoms with Crippen molar-refractivity contribution in [3.8, 4) is 12.3 Å². The molecule has 0 bridgehead atoms. The van der Waals surface area contributed by atoms with Gasteiger partial charge in [0.2, 0.25) is 0 Å². The maximum Gasteiger partial charge on any atom is 0.0684 e. The largest absolute Gasteiger partial charge is 0.304 e. The number of hydrogen-bond acceptors (Lipinski definition) is 1. The Bertz CT molecular complexity index is 174. The maximum atomic E-state index is 5.39. The minimum atomic E-state index is 0.290. The molecule has 1 heteroatoms. The summed E-state index contributed by atoms with van der Waals surface area (Å²) in [5.74, 6) is 3.74. The monoisotopic (exact) mass is 193 g/mol. The molecule has 1 N–H and O–H groups in total. The smallest absolute Gasteiger partial charge is 0.0684 e. The molecular weight excluding hydrogens is 170 g/mol. The molecule has 0 aromatic heterocycles. The maximum absolute atomic E-state index is 5.39. The van der Waals surface area contributed by atoms with Gasteiger partial charge in [0.25, 0.3) is 0 Å². The van der Waals surface area contributed by atoms with Crippen LogP contribution in [0.25, 0.3) is 0 Å². The number of terminal acetylenes is 1. The van der Waals surface area contributed by atoms with Crippen molar-refractivity contribution in [1.29, 1.82) is 0 Å². The first-order chi connectivity index (χ1) is 6.86. The van der Waals surface area contributed by atoms with E-state index in [1.807, 2.05) is 0 Å². The summed E-state index contributed by atoms with van der Waals surface area (Å²) < 4.78 is 0. The molecule has 1 fully saturated rings. The van der Waals surface area contributed by atoms with E-state index in [-0.39, 0.29) is 0 Å². The van der Waals surface area contributed by atoms with E-state index in [1.165, 1.54) is 38.5 Å². The second-order valence-electron chi connectivity index (χ2n) is 4.37. The Balaban J connectivity index is 2.05. The molecule has 1 unspecified atom stereocenters. The van der Waals surface area contributed by atoms with E-state index in [4.69, 9.17) is 6.42 Å². The molecule has 1 nitrogen and oxygen atoms in total. The summed E-state index contributed by atoms with van der Waals surface area (Å²) in [4.78, 5) is 0. The molecule has 1 rings (SSSR count). The first-order valence-electron chi connectivity index (χ1n) is 6.06. The highest BCUT2D eigenvalue weighted by molar-refractivity contribution is 4.97. The standard InChI is InChI=1S/C13H23N/c1-3-13(4-2)14-11-10-12-8-6-5-7-9-12/h1,12-14H,4-11H2,2H3. The van der Waals surface area contributed by atoms with Crippen LogP contribution in [0.3, 0.4) is 0 Å². The lowest BCUT2D eigenvalue weighted by molar-refractivity contribution is 0.331. The van der Waals surface area contributed by atoms with Crippen LogP contribution < -0.4 is 5.32 Å². The summed E-state index contributed by atoms with van der Waals surface area (Å²) in [5, 5.41) is 3.43. The SMILES string of the molecule is C#CC(CC)NCCC1CCCCC1. The molecule has 0 aliphatic heterocycles. The van der Waals surface area contributed by atoms with E-state index < -0.39 is 0 Å². The lowest BCUT2D eigenvalue weighted by atomic mass is 9.87. The Morgan fingerprint density at radius 1 is 1.36 bits per heavy atom. The third-order valence-electron chi connectivity index (χ3n) is 3.28. The van der Waals surface area contributed by atoms with E-state index >= 15 is 0 Å². The zero-order chi connectivity index (χ0) is 10.2. The first kappa shape index (κ1) is 11.6. The molecule has 1 atom stereocenters. The second-order valence-corrected chi connectivity index (χ2v) is 4.37. The van der Waals surface area contributed by atoms with Crippen molar-refractivity contribution < 1.29 is 0 Å². The van der Waals surface area contributed by atoms with Gasteiger partial charge in [-0.25, -0.2) is 0 Å². The summed E-state index contributed by atoms with van der Waals surface area (Å²) >= 11 is 0. The highest BCUT2D eigenvalue weighted by Gasteiger charge is 2.12. The molecule has 0 aromatic carbocycles. The summed E-state index contributed by atoms with van der Waals surface area (Å²) in [6.07, 6.45) is 15.0. The van der Waals surface area contributed by atoms with E-state index in [1.54, 1.807) is 0 Å². The summed E-state index contributed by atoms with van der Waals surface area (Å²) in [6, 6.07) is 0.290. The van der Waals surface area contributed by atoms with Gasteiger partial charge in [-0.2, -0.15) is 0 Å². The average Bonchev–Trinajstić information content (AvgIpc) is 2.26. The van der Waals surface area contributed by atoms with Crippen molar-refractivity contribution in [1.82, 2.24) is 5.32 Å². The van der Waals surface area contributed by atoms with Gasteiger partial charge in [0.1, 0.15) is 0 Å². The van der Waals surface area contributed by atoms with Gasteiger partial charge < -0.3 is 5.32 Å². The molecule has 0 amide bonds. The fraction of sp³-hybridized carbons (Fsp3) is 0.846. The van der Waals surface area contributed by atoms with Gasteiger partial charge in [-0.1, -0.05) is 44.9 Å². The fourth-order valence-corrected chi connectivity index (χ4v) is 2.26. The van der Waals surface area contributed by atoms with Crippen molar-refractivity contribution in [2.24, 2.45) is 5.92 Å². The van der Waals surface area contributed by atoms with E-state index in [0.717, 1.165) is 18.9 Å². The van der Waals surface area contributed by atoms with Gasteiger partial charge in [0.05, 0.1) is 6.04 Å². The molecule has 1 aliphatic carbocycles.